The highest BCUT2D eigenvalue weighted by molar-refractivity contribution is 5.94. The number of para-hydroxylation sites is 1. The number of fused-ring (bicyclic) bond motifs is 1. The van der Waals surface area contributed by atoms with E-state index < -0.39 is 0 Å². The Kier molecular flexibility index (Phi) is 4.97. The summed E-state index contributed by atoms with van der Waals surface area (Å²) in [5.74, 6) is -0.165. The van der Waals surface area contributed by atoms with E-state index in [1.165, 1.54) is 10.9 Å². The third-order valence-corrected chi connectivity index (χ3v) is 4.62. The quantitative estimate of drug-likeness (QED) is 0.586. The molecule has 0 unspecified atom stereocenters. The molecule has 0 aliphatic heterocycles. The number of carbonyl (C=O) groups is 1. The number of benzene rings is 3. The van der Waals surface area contributed by atoms with E-state index in [0.29, 0.717) is 29.6 Å². The van der Waals surface area contributed by atoms with Crippen molar-refractivity contribution in [3.63, 3.8) is 0 Å². The zero-order chi connectivity index (χ0) is 19.3. The second kappa shape index (κ2) is 7.88. The van der Waals surface area contributed by atoms with Crippen molar-refractivity contribution in [1.29, 1.82) is 0 Å². The normalized spacial score (nSPS) is 10.7. The lowest BCUT2D eigenvalue weighted by molar-refractivity contribution is 0.0952. The van der Waals surface area contributed by atoms with Crippen LogP contribution in [0.2, 0.25) is 0 Å². The van der Waals surface area contributed by atoms with Crippen LogP contribution in [-0.2, 0) is 6.54 Å². The summed E-state index contributed by atoms with van der Waals surface area (Å²) in [5, 5.41) is 3.43. The van der Waals surface area contributed by atoms with Crippen molar-refractivity contribution in [2.24, 2.45) is 0 Å². The van der Waals surface area contributed by atoms with Gasteiger partial charge in [0.25, 0.3) is 11.5 Å². The third-order valence-electron chi connectivity index (χ3n) is 4.62. The molecule has 3 aromatic carbocycles. The lowest BCUT2D eigenvalue weighted by Crippen LogP contribution is -2.31. The molecule has 0 atom stereocenters. The Morgan fingerprint density at radius 3 is 2.32 bits per heavy atom. The van der Waals surface area contributed by atoms with E-state index in [4.69, 9.17) is 0 Å². The number of nitrogens with one attached hydrogen (secondary N) is 1. The maximum atomic E-state index is 12.5. The molecule has 4 rings (SSSR count). The van der Waals surface area contributed by atoms with Crippen molar-refractivity contribution in [2.75, 3.05) is 6.54 Å². The summed E-state index contributed by atoms with van der Waals surface area (Å²) in [6.07, 6.45) is 1.52. The molecule has 5 heteroatoms. The SMILES string of the molecule is O=C(NCCn1cnc2ccccc2c1=O)c1ccc(-c2ccccc2)cc1. The Hall–Kier alpha value is -3.73. The van der Waals surface area contributed by atoms with Gasteiger partial charge < -0.3 is 5.32 Å². The van der Waals surface area contributed by atoms with E-state index in [-0.39, 0.29) is 11.5 Å². The molecular formula is C23H19N3O2. The maximum absolute atomic E-state index is 12.5. The first-order valence-electron chi connectivity index (χ1n) is 9.10. The number of amides is 1. The predicted octanol–water partition coefficient (Wildman–Crippen LogP) is 3.49. The van der Waals surface area contributed by atoms with Crippen LogP contribution in [0, 0.1) is 0 Å². The zero-order valence-electron chi connectivity index (χ0n) is 15.2. The number of carbonyl (C=O) groups excluding carboxylic acids is 1. The monoisotopic (exact) mass is 369 g/mol. The molecule has 1 amide bonds. The van der Waals surface area contributed by atoms with Crippen LogP contribution in [0.1, 0.15) is 10.4 Å². The molecule has 0 spiro atoms. The van der Waals surface area contributed by atoms with E-state index in [1.807, 2.05) is 60.7 Å². The van der Waals surface area contributed by atoms with Gasteiger partial charge in [-0.25, -0.2) is 4.98 Å². The van der Waals surface area contributed by atoms with Crippen LogP contribution in [0.25, 0.3) is 22.0 Å². The molecule has 28 heavy (non-hydrogen) atoms. The lowest BCUT2D eigenvalue weighted by Gasteiger charge is -2.09. The molecule has 0 aliphatic carbocycles. The van der Waals surface area contributed by atoms with Crippen LogP contribution in [-0.4, -0.2) is 22.0 Å². The van der Waals surface area contributed by atoms with Crippen molar-refractivity contribution >= 4 is 16.8 Å². The summed E-state index contributed by atoms with van der Waals surface area (Å²) < 4.78 is 1.51. The van der Waals surface area contributed by atoms with Gasteiger partial charge in [-0.3, -0.25) is 14.2 Å². The van der Waals surface area contributed by atoms with Gasteiger partial charge in [0, 0.05) is 18.7 Å². The van der Waals surface area contributed by atoms with Crippen LogP contribution in [0.3, 0.4) is 0 Å². The van der Waals surface area contributed by atoms with Gasteiger partial charge in [-0.05, 0) is 35.4 Å². The van der Waals surface area contributed by atoms with Gasteiger partial charge in [-0.15, -0.1) is 0 Å². The van der Waals surface area contributed by atoms with Crippen molar-refractivity contribution in [3.05, 3.63) is 101 Å². The average Bonchev–Trinajstić information content (AvgIpc) is 2.76. The van der Waals surface area contributed by atoms with Crippen molar-refractivity contribution in [1.82, 2.24) is 14.9 Å². The molecule has 1 aromatic heterocycles. The Bertz CT molecular complexity index is 1170. The Balaban J connectivity index is 1.40. The Morgan fingerprint density at radius 1 is 0.857 bits per heavy atom. The molecule has 0 bridgehead atoms. The van der Waals surface area contributed by atoms with Gasteiger partial charge in [-0.1, -0.05) is 54.6 Å². The van der Waals surface area contributed by atoms with Crippen molar-refractivity contribution < 1.29 is 4.79 Å². The fraction of sp³-hybridized carbons (Fsp3) is 0.0870. The highest BCUT2D eigenvalue weighted by Crippen LogP contribution is 2.19. The smallest absolute Gasteiger partial charge is 0.261 e. The minimum atomic E-state index is -0.165. The predicted molar refractivity (Wildman–Crippen MR) is 110 cm³/mol. The topological polar surface area (TPSA) is 64.0 Å². The molecule has 0 saturated carbocycles. The van der Waals surface area contributed by atoms with Gasteiger partial charge in [0.05, 0.1) is 17.2 Å². The summed E-state index contributed by atoms with van der Waals surface area (Å²) in [6.45, 7) is 0.712. The minimum Gasteiger partial charge on any atom is -0.350 e. The fourth-order valence-electron chi connectivity index (χ4n) is 3.10. The van der Waals surface area contributed by atoms with E-state index in [0.717, 1.165) is 11.1 Å². The lowest BCUT2D eigenvalue weighted by atomic mass is 10.0. The molecular weight excluding hydrogens is 350 g/mol. The van der Waals surface area contributed by atoms with Crippen LogP contribution in [0.4, 0.5) is 0 Å². The summed E-state index contributed by atoms with van der Waals surface area (Å²) in [5.41, 5.74) is 3.32. The molecule has 4 aromatic rings. The summed E-state index contributed by atoms with van der Waals surface area (Å²) in [7, 11) is 0. The van der Waals surface area contributed by atoms with Crippen LogP contribution in [0.5, 0.6) is 0 Å². The Morgan fingerprint density at radius 2 is 1.54 bits per heavy atom. The first kappa shape index (κ1) is 17.7. The van der Waals surface area contributed by atoms with E-state index in [1.54, 1.807) is 18.2 Å². The zero-order valence-corrected chi connectivity index (χ0v) is 15.2. The standard InChI is InChI=1S/C23H19N3O2/c27-22(19-12-10-18(11-13-19)17-6-2-1-3-7-17)24-14-15-26-16-25-21-9-5-4-8-20(21)23(26)28/h1-13,16H,14-15H2,(H,24,27). The molecule has 1 heterocycles. The van der Waals surface area contributed by atoms with Gasteiger partial charge in [0.15, 0.2) is 0 Å². The van der Waals surface area contributed by atoms with E-state index >= 15 is 0 Å². The summed E-state index contributed by atoms with van der Waals surface area (Å²) in [6, 6.07) is 24.7. The largest absolute Gasteiger partial charge is 0.350 e. The molecule has 5 nitrogen and oxygen atoms in total. The van der Waals surface area contributed by atoms with Crippen molar-refractivity contribution in [3.8, 4) is 11.1 Å². The number of aromatic nitrogens is 2. The van der Waals surface area contributed by atoms with Gasteiger partial charge in [-0.2, -0.15) is 0 Å². The first-order valence-corrected chi connectivity index (χ1v) is 9.10. The highest BCUT2D eigenvalue weighted by Gasteiger charge is 2.07. The second-order valence-corrected chi connectivity index (χ2v) is 6.46. The number of rotatable bonds is 5. The van der Waals surface area contributed by atoms with E-state index in [2.05, 4.69) is 10.3 Å². The van der Waals surface area contributed by atoms with Gasteiger partial charge in [0.1, 0.15) is 0 Å². The Labute approximate surface area is 162 Å². The summed E-state index contributed by atoms with van der Waals surface area (Å²) in [4.78, 5) is 29.1. The molecule has 0 radical (unpaired) electrons. The highest BCUT2D eigenvalue weighted by atomic mass is 16.1. The van der Waals surface area contributed by atoms with Crippen molar-refractivity contribution in [2.45, 2.75) is 6.54 Å². The number of nitrogens with zero attached hydrogens (tertiary/aromatic N) is 2. The maximum Gasteiger partial charge on any atom is 0.261 e. The average molecular weight is 369 g/mol. The third kappa shape index (κ3) is 3.69. The second-order valence-electron chi connectivity index (χ2n) is 6.46. The summed E-state index contributed by atoms with van der Waals surface area (Å²) >= 11 is 0. The molecule has 0 saturated heterocycles. The van der Waals surface area contributed by atoms with Crippen LogP contribution < -0.4 is 10.9 Å². The molecule has 1 N–H and O–H groups in total. The van der Waals surface area contributed by atoms with E-state index in [9.17, 15) is 9.59 Å². The van der Waals surface area contributed by atoms with Crippen LogP contribution >= 0.6 is 0 Å². The van der Waals surface area contributed by atoms with Crippen LogP contribution in [0.15, 0.2) is 90.0 Å². The van der Waals surface area contributed by atoms with Gasteiger partial charge >= 0.3 is 0 Å². The fourth-order valence-corrected chi connectivity index (χ4v) is 3.10. The minimum absolute atomic E-state index is 0.105. The molecule has 0 aliphatic rings. The molecule has 138 valence electrons. The molecule has 0 fully saturated rings. The number of hydrogen-bond acceptors (Lipinski definition) is 3. The van der Waals surface area contributed by atoms with Gasteiger partial charge in [0.2, 0.25) is 0 Å². The first-order chi connectivity index (χ1) is 13.7. The number of hydrogen-bond donors (Lipinski definition) is 1.